The Balaban J connectivity index is 1.40. The number of rotatable bonds is 18. The minimum absolute atomic E-state index is 0.00533. The van der Waals surface area contributed by atoms with E-state index in [9.17, 15) is 39.3 Å². The Labute approximate surface area is 269 Å². The fourth-order valence-corrected chi connectivity index (χ4v) is 6.01. The molecule has 6 atom stereocenters. The van der Waals surface area contributed by atoms with E-state index < -0.39 is 73.0 Å². The Bertz CT molecular complexity index is 1000. The fraction of sp³-hybridized carbons (Fsp3) is 0.839. The van der Waals surface area contributed by atoms with Gasteiger partial charge in [-0.25, -0.2) is 4.79 Å². The lowest BCUT2D eigenvalue weighted by Gasteiger charge is -2.42. The van der Waals surface area contributed by atoms with Gasteiger partial charge in [0.1, 0.15) is 30.4 Å². The molecule has 6 N–H and O–H groups in total. The smallest absolute Gasteiger partial charge is 0.328 e. The molecule has 3 aliphatic rings. The summed E-state index contributed by atoms with van der Waals surface area (Å²) in [5.74, 6) is -1.91. The van der Waals surface area contributed by atoms with Crippen molar-refractivity contribution in [3.8, 4) is 0 Å². The molecule has 0 bridgehead atoms. The number of carbonyl (C=O) groups is 5. The standard InChI is InChI=1S/C31H51N3O12/c1-19(36)33-27-29(41)28(40)23(16-35)46-31(27)43-15-14-32-24(37)11-12-25(38)34-22(30(42)45-18-21-8-4-5-9-21)10-13-26(39)44-17-20-6-2-3-7-20/h20-23,27-29,31,35,40-41H,2-18H2,1H3,(H,32,37)(H,33,36)(H,34,38)/t22?,23-,27-,28+,29-,31-/m1/s1. The molecular weight excluding hydrogens is 606 g/mol. The summed E-state index contributed by atoms with van der Waals surface area (Å²) in [5, 5.41) is 37.5. The summed E-state index contributed by atoms with van der Waals surface area (Å²) in [4.78, 5) is 61.8. The summed E-state index contributed by atoms with van der Waals surface area (Å²) >= 11 is 0. The zero-order chi connectivity index (χ0) is 33.5. The van der Waals surface area contributed by atoms with Gasteiger partial charge in [-0.2, -0.15) is 0 Å². The Morgan fingerprint density at radius 3 is 2.07 bits per heavy atom. The van der Waals surface area contributed by atoms with Crippen molar-refractivity contribution in [3.05, 3.63) is 0 Å². The van der Waals surface area contributed by atoms with Crippen LogP contribution in [0.1, 0.15) is 84.0 Å². The minimum Gasteiger partial charge on any atom is -0.465 e. The third-order valence-corrected chi connectivity index (χ3v) is 8.68. The zero-order valence-electron chi connectivity index (χ0n) is 26.7. The van der Waals surface area contributed by atoms with Gasteiger partial charge in [0.05, 0.1) is 26.4 Å². The highest BCUT2D eigenvalue weighted by molar-refractivity contribution is 5.87. The quantitative estimate of drug-likeness (QED) is 0.0818. The second kappa shape index (κ2) is 19.7. The molecule has 262 valence electrons. The van der Waals surface area contributed by atoms with Crippen molar-refractivity contribution in [3.63, 3.8) is 0 Å². The Morgan fingerprint density at radius 1 is 0.848 bits per heavy atom. The van der Waals surface area contributed by atoms with Crippen LogP contribution in [0.15, 0.2) is 0 Å². The molecule has 0 spiro atoms. The molecule has 15 nitrogen and oxygen atoms in total. The van der Waals surface area contributed by atoms with E-state index in [0.29, 0.717) is 12.5 Å². The summed E-state index contributed by atoms with van der Waals surface area (Å²) in [6.07, 6.45) is 2.80. The number of ether oxygens (including phenoxy) is 4. The van der Waals surface area contributed by atoms with Crippen LogP contribution in [0.2, 0.25) is 0 Å². The van der Waals surface area contributed by atoms with Crippen LogP contribution < -0.4 is 16.0 Å². The van der Waals surface area contributed by atoms with Gasteiger partial charge in [0.15, 0.2) is 6.29 Å². The Hall–Kier alpha value is -2.85. The SMILES string of the molecule is CC(=O)N[C@H]1[C@H](OCCNC(=O)CCC(=O)NC(CCC(=O)OCC2CCCC2)C(=O)OCC2CCCC2)O[C@H](CO)[C@H](O)[C@@H]1O. The fourth-order valence-electron chi connectivity index (χ4n) is 6.01. The number of amides is 3. The molecule has 0 aromatic carbocycles. The zero-order valence-corrected chi connectivity index (χ0v) is 26.7. The monoisotopic (exact) mass is 657 g/mol. The van der Waals surface area contributed by atoms with Gasteiger partial charge < -0.3 is 50.2 Å². The van der Waals surface area contributed by atoms with Crippen molar-refractivity contribution in [1.82, 2.24) is 16.0 Å². The molecular formula is C31H51N3O12. The van der Waals surface area contributed by atoms with Crippen LogP contribution in [-0.2, 0) is 42.9 Å². The highest BCUT2D eigenvalue weighted by atomic mass is 16.7. The summed E-state index contributed by atoms with van der Waals surface area (Å²) in [6.45, 7) is 1.14. The van der Waals surface area contributed by atoms with Crippen LogP contribution in [0, 0.1) is 11.8 Å². The van der Waals surface area contributed by atoms with Crippen LogP contribution in [0.3, 0.4) is 0 Å². The normalized spacial score (nSPS) is 25.9. The molecule has 0 aromatic rings. The summed E-state index contributed by atoms with van der Waals surface area (Å²) in [7, 11) is 0. The third-order valence-electron chi connectivity index (χ3n) is 8.68. The molecule has 46 heavy (non-hydrogen) atoms. The summed E-state index contributed by atoms with van der Waals surface area (Å²) in [6, 6.07) is -2.16. The Morgan fingerprint density at radius 2 is 1.46 bits per heavy atom. The van der Waals surface area contributed by atoms with Crippen molar-refractivity contribution in [2.45, 2.75) is 121 Å². The maximum atomic E-state index is 12.9. The van der Waals surface area contributed by atoms with E-state index >= 15 is 0 Å². The first-order valence-corrected chi connectivity index (χ1v) is 16.5. The molecule has 1 saturated heterocycles. The first-order chi connectivity index (χ1) is 22.1. The second-order valence-corrected chi connectivity index (χ2v) is 12.4. The third kappa shape index (κ3) is 12.7. The molecule has 3 amide bonds. The van der Waals surface area contributed by atoms with E-state index in [1.807, 2.05) is 0 Å². The first-order valence-electron chi connectivity index (χ1n) is 16.5. The van der Waals surface area contributed by atoms with Gasteiger partial charge in [0.25, 0.3) is 0 Å². The van der Waals surface area contributed by atoms with Gasteiger partial charge in [-0.15, -0.1) is 0 Å². The van der Waals surface area contributed by atoms with E-state index in [2.05, 4.69) is 16.0 Å². The van der Waals surface area contributed by atoms with Crippen LogP contribution in [0.5, 0.6) is 0 Å². The highest BCUT2D eigenvalue weighted by Crippen LogP contribution is 2.26. The van der Waals surface area contributed by atoms with Gasteiger partial charge in [-0.05, 0) is 43.9 Å². The number of carbonyl (C=O) groups excluding carboxylic acids is 5. The lowest BCUT2D eigenvalue weighted by atomic mass is 9.97. The average molecular weight is 658 g/mol. The maximum Gasteiger partial charge on any atom is 0.328 e. The van der Waals surface area contributed by atoms with Crippen LogP contribution >= 0.6 is 0 Å². The van der Waals surface area contributed by atoms with Crippen LogP contribution in [0.4, 0.5) is 0 Å². The van der Waals surface area contributed by atoms with Crippen molar-refractivity contribution in [2.24, 2.45) is 11.8 Å². The summed E-state index contributed by atoms with van der Waals surface area (Å²) < 4.78 is 21.9. The maximum absolute atomic E-state index is 12.9. The number of aliphatic hydroxyl groups is 3. The van der Waals surface area contributed by atoms with Gasteiger partial charge >= 0.3 is 11.9 Å². The molecule has 1 unspecified atom stereocenters. The molecule has 1 aliphatic heterocycles. The van der Waals surface area contributed by atoms with Crippen molar-refractivity contribution in [2.75, 3.05) is 33.0 Å². The van der Waals surface area contributed by atoms with Gasteiger partial charge in [0, 0.05) is 32.7 Å². The van der Waals surface area contributed by atoms with E-state index in [1.165, 1.54) is 6.92 Å². The lowest BCUT2D eigenvalue weighted by molar-refractivity contribution is -0.269. The van der Waals surface area contributed by atoms with E-state index in [1.54, 1.807) is 0 Å². The van der Waals surface area contributed by atoms with Crippen molar-refractivity contribution < 1.29 is 58.2 Å². The molecule has 2 aliphatic carbocycles. The molecule has 1 heterocycles. The molecule has 3 fully saturated rings. The van der Waals surface area contributed by atoms with E-state index in [4.69, 9.17) is 18.9 Å². The van der Waals surface area contributed by atoms with E-state index in [0.717, 1.165) is 51.4 Å². The molecule has 0 radical (unpaired) electrons. The van der Waals surface area contributed by atoms with Crippen molar-refractivity contribution in [1.29, 1.82) is 0 Å². The Kier molecular flexibility index (Phi) is 16.1. The second-order valence-electron chi connectivity index (χ2n) is 12.4. The molecule has 0 aromatic heterocycles. The van der Waals surface area contributed by atoms with Gasteiger partial charge in [-0.3, -0.25) is 19.2 Å². The van der Waals surface area contributed by atoms with Crippen LogP contribution in [-0.4, -0.2) is 115 Å². The molecule has 2 saturated carbocycles. The predicted molar refractivity (Wildman–Crippen MR) is 161 cm³/mol. The molecule has 15 heteroatoms. The summed E-state index contributed by atoms with van der Waals surface area (Å²) in [5.41, 5.74) is 0. The number of hydrogen-bond acceptors (Lipinski definition) is 12. The largest absolute Gasteiger partial charge is 0.465 e. The van der Waals surface area contributed by atoms with Gasteiger partial charge in [0.2, 0.25) is 17.7 Å². The number of nitrogens with one attached hydrogen (secondary N) is 3. The van der Waals surface area contributed by atoms with Crippen molar-refractivity contribution >= 4 is 29.7 Å². The topological polar surface area (TPSA) is 219 Å². The molecule has 3 rings (SSSR count). The number of hydrogen-bond donors (Lipinski definition) is 6. The lowest BCUT2D eigenvalue weighted by Crippen LogP contribution is -2.64. The first kappa shape index (κ1) is 37.6. The van der Waals surface area contributed by atoms with Gasteiger partial charge in [-0.1, -0.05) is 25.7 Å². The number of esters is 2. The average Bonchev–Trinajstić information content (AvgIpc) is 3.76. The highest BCUT2D eigenvalue weighted by Gasteiger charge is 2.45. The van der Waals surface area contributed by atoms with Crippen LogP contribution in [0.25, 0.3) is 0 Å². The predicted octanol–water partition coefficient (Wildman–Crippen LogP) is -0.425. The number of aliphatic hydroxyl groups excluding tert-OH is 3. The minimum atomic E-state index is -1.46. The van der Waals surface area contributed by atoms with E-state index in [-0.39, 0.29) is 51.4 Å².